The molecule has 0 bridgehead atoms. The SMILES string of the molecule is CCc1nn2c(C)cc(N3CCC4(CCN(C(=O)N5CC(O)C5)C4)C3)cc2c1N(C)c1nc(-c2ccc(F)cc2)c(C#N)s1. The van der Waals surface area contributed by atoms with Crippen LogP contribution in [0.3, 0.4) is 0 Å². The number of fused-ring (bicyclic) bond motifs is 1. The molecule has 0 radical (unpaired) electrons. The standard InChI is InChI=1S/C32H35FN8O2S/c1-4-25-29(37(3)30-35-28(27(15-34)44-30)21-5-7-22(33)8-6-21)26-14-23(13-20(2)41(26)36-25)38-11-9-32(18-38)10-12-39(19-32)31(43)40-16-24(42)17-40/h5-8,13-14,24,42H,4,9-12,16-19H2,1-3H3. The molecule has 2 amide bonds. The minimum Gasteiger partial charge on any atom is -0.389 e. The molecule has 10 nitrogen and oxygen atoms in total. The van der Waals surface area contributed by atoms with Gasteiger partial charge in [-0.25, -0.2) is 18.7 Å². The molecule has 228 valence electrons. The van der Waals surface area contributed by atoms with E-state index in [0.717, 1.165) is 73.7 Å². The van der Waals surface area contributed by atoms with Gasteiger partial charge >= 0.3 is 6.03 Å². The lowest BCUT2D eigenvalue weighted by Crippen LogP contribution is -2.57. The number of carbonyl (C=O) groups is 1. The monoisotopic (exact) mass is 614 g/mol. The molecule has 3 aliphatic heterocycles. The van der Waals surface area contributed by atoms with Gasteiger partial charge in [0.05, 0.1) is 36.1 Å². The fourth-order valence-corrected chi connectivity index (χ4v) is 7.79. The molecule has 3 aromatic heterocycles. The van der Waals surface area contributed by atoms with E-state index in [2.05, 4.69) is 36.9 Å². The van der Waals surface area contributed by atoms with E-state index in [9.17, 15) is 19.6 Å². The summed E-state index contributed by atoms with van der Waals surface area (Å²) in [7, 11) is 1.96. The molecule has 12 heteroatoms. The van der Waals surface area contributed by atoms with E-state index in [1.807, 2.05) is 21.4 Å². The molecular weight excluding hydrogens is 579 g/mol. The van der Waals surface area contributed by atoms with Gasteiger partial charge in [0.15, 0.2) is 5.13 Å². The summed E-state index contributed by atoms with van der Waals surface area (Å²) in [5.74, 6) is -0.333. The van der Waals surface area contributed by atoms with Crippen LogP contribution in [-0.2, 0) is 6.42 Å². The second kappa shape index (κ2) is 10.7. The maximum Gasteiger partial charge on any atom is 0.320 e. The second-order valence-corrected chi connectivity index (χ2v) is 13.3. The van der Waals surface area contributed by atoms with Gasteiger partial charge in [0.25, 0.3) is 0 Å². The van der Waals surface area contributed by atoms with Crippen LogP contribution in [0.5, 0.6) is 0 Å². The highest BCUT2D eigenvalue weighted by molar-refractivity contribution is 7.16. The molecule has 0 saturated carbocycles. The molecule has 1 atom stereocenters. The molecule has 3 fully saturated rings. The number of halogens is 1. The number of pyridine rings is 1. The van der Waals surface area contributed by atoms with Crippen LogP contribution in [0.1, 0.15) is 36.0 Å². The third-order valence-corrected chi connectivity index (χ3v) is 10.4. The number of rotatable bonds is 5. The Morgan fingerprint density at radius 3 is 2.64 bits per heavy atom. The van der Waals surface area contributed by atoms with E-state index < -0.39 is 6.10 Å². The van der Waals surface area contributed by atoms with Crippen molar-refractivity contribution in [1.29, 1.82) is 5.26 Å². The quantitative estimate of drug-likeness (QED) is 0.344. The van der Waals surface area contributed by atoms with Gasteiger partial charge in [0, 0.05) is 55.6 Å². The van der Waals surface area contributed by atoms with Crippen LogP contribution < -0.4 is 9.80 Å². The zero-order valence-corrected chi connectivity index (χ0v) is 25.9. The Kier molecular flexibility index (Phi) is 6.98. The smallest absolute Gasteiger partial charge is 0.320 e. The summed E-state index contributed by atoms with van der Waals surface area (Å²) in [6.07, 6.45) is 2.34. The summed E-state index contributed by atoms with van der Waals surface area (Å²) in [4.78, 5) is 26.4. The summed E-state index contributed by atoms with van der Waals surface area (Å²) in [6, 6.07) is 12.8. The van der Waals surface area contributed by atoms with Crippen molar-refractivity contribution < 1.29 is 14.3 Å². The summed E-state index contributed by atoms with van der Waals surface area (Å²) < 4.78 is 15.6. The molecular formula is C32H35FN8O2S. The van der Waals surface area contributed by atoms with Gasteiger partial charge in [0.2, 0.25) is 0 Å². The highest BCUT2D eigenvalue weighted by Gasteiger charge is 2.46. The van der Waals surface area contributed by atoms with E-state index in [1.165, 1.54) is 23.5 Å². The highest BCUT2D eigenvalue weighted by atomic mass is 32.1. The number of hydrogen-bond donors (Lipinski definition) is 1. The number of nitrogens with zero attached hydrogens (tertiary/aromatic N) is 8. The molecule has 1 aromatic carbocycles. The molecule has 3 aliphatic rings. The fourth-order valence-electron chi connectivity index (χ4n) is 6.94. The molecule has 3 saturated heterocycles. The zero-order valence-electron chi connectivity index (χ0n) is 25.1. The van der Waals surface area contributed by atoms with E-state index in [1.54, 1.807) is 17.0 Å². The van der Waals surface area contributed by atoms with E-state index in [0.29, 0.717) is 34.4 Å². The largest absolute Gasteiger partial charge is 0.389 e. The number of aliphatic hydroxyl groups is 1. The fraction of sp³-hybridized carbons (Fsp3) is 0.438. The minimum absolute atomic E-state index is 0.0475. The molecule has 1 N–H and O–H groups in total. The number of anilines is 3. The van der Waals surface area contributed by atoms with Gasteiger partial charge in [-0.3, -0.25) is 0 Å². The Morgan fingerprint density at radius 1 is 1.18 bits per heavy atom. The number of likely N-dealkylation sites (tertiary alicyclic amines) is 2. The van der Waals surface area contributed by atoms with Gasteiger partial charge in [-0.05, 0) is 62.6 Å². The Balaban J connectivity index is 1.18. The number of aromatic nitrogens is 3. The lowest BCUT2D eigenvalue weighted by Gasteiger charge is -2.38. The summed E-state index contributed by atoms with van der Waals surface area (Å²) >= 11 is 1.31. The Hall–Kier alpha value is -4.21. The van der Waals surface area contributed by atoms with Crippen LogP contribution in [0.15, 0.2) is 36.4 Å². The molecule has 7 rings (SSSR count). The number of hydrogen-bond acceptors (Lipinski definition) is 8. The summed E-state index contributed by atoms with van der Waals surface area (Å²) in [6.45, 7) is 8.32. The first-order valence-corrected chi connectivity index (χ1v) is 15.9. The van der Waals surface area contributed by atoms with Gasteiger partial charge in [-0.1, -0.05) is 18.3 Å². The van der Waals surface area contributed by atoms with Crippen molar-refractivity contribution in [2.75, 3.05) is 56.1 Å². The normalized spacial score (nSPS) is 20.1. The number of nitriles is 1. The first-order valence-electron chi connectivity index (χ1n) is 15.1. The highest BCUT2D eigenvalue weighted by Crippen LogP contribution is 2.43. The van der Waals surface area contributed by atoms with Gasteiger partial charge in [-0.2, -0.15) is 10.4 Å². The average Bonchev–Trinajstić information content (AvgIpc) is 3.80. The average molecular weight is 615 g/mol. The van der Waals surface area contributed by atoms with Crippen molar-refractivity contribution in [3.8, 4) is 17.3 Å². The van der Waals surface area contributed by atoms with Crippen LogP contribution >= 0.6 is 11.3 Å². The van der Waals surface area contributed by atoms with Gasteiger partial charge in [0.1, 0.15) is 22.5 Å². The maximum atomic E-state index is 13.6. The van der Waals surface area contributed by atoms with Crippen molar-refractivity contribution in [3.63, 3.8) is 0 Å². The number of amides is 2. The number of aliphatic hydroxyl groups excluding tert-OH is 1. The first-order chi connectivity index (χ1) is 21.2. The first kappa shape index (κ1) is 28.6. The Labute approximate surface area is 259 Å². The van der Waals surface area contributed by atoms with E-state index in [-0.39, 0.29) is 17.3 Å². The second-order valence-electron chi connectivity index (χ2n) is 12.3. The summed E-state index contributed by atoms with van der Waals surface area (Å²) in [5.41, 5.74) is 6.32. The molecule has 44 heavy (non-hydrogen) atoms. The third-order valence-electron chi connectivity index (χ3n) is 9.38. The van der Waals surface area contributed by atoms with Gasteiger partial charge in [-0.15, -0.1) is 0 Å². The number of carbonyl (C=O) groups excluding carboxylic acids is 1. The van der Waals surface area contributed by atoms with Crippen molar-refractivity contribution in [2.45, 2.75) is 39.2 Å². The van der Waals surface area contributed by atoms with Crippen LogP contribution in [0, 0.1) is 29.5 Å². The van der Waals surface area contributed by atoms with Crippen LogP contribution in [0.25, 0.3) is 16.8 Å². The predicted molar refractivity (Wildman–Crippen MR) is 168 cm³/mol. The summed E-state index contributed by atoms with van der Waals surface area (Å²) in [5, 5.41) is 25.1. The van der Waals surface area contributed by atoms with Crippen LogP contribution in [0.4, 0.5) is 25.7 Å². The number of urea groups is 1. The van der Waals surface area contributed by atoms with Crippen LogP contribution in [0.2, 0.25) is 0 Å². The molecule has 6 heterocycles. The van der Waals surface area contributed by atoms with Gasteiger partial charge < -0.3 is 24.7 Å². The lowest BCUT2D eigenvalue weighted by molar-refractivity contribution is 0.0162. The van der Waals surface area contributed by atoms with Crippen molar-refractivity contribution in [2.24, 2.45) is 5.41 Å². The van der Waals surface area contributed by atoms with Crippen molar-refractivity contribution in [1.82, 2.24) is 24.4 Å². The Bertz CT molecular complexity index is 1790. The van der Waals surface area contributed by atoms with Crippen molar-refractivity contribution in [3.05, 3.63) is 58.5 Å². The number of benzene rings is 1. The topological polar surface area (TPSA) is 104 Å². The third kappa shape index (κ3) is 4.75. The van der Waals surface area contributed by atoms with Crippen LogP contribution in [-0.4, -0.2) is 88.0 Å². The molecule has 4 aromatic rings. The number of aryl methyl sites for hydroxylation is 2. The van der Waals surface area contributed by atoms with E-state index >= 15 is 0 Å². The maximum absolute atomic E-state index is 13.6. The molecule has 0 aliphatic carbocycles. The minimum atomic E-state index is -0.391. The lowest BCUT2D eigenvalue weighted by atomic mass is 9.86. The number of β-amino-alcohol motifs (C(OH)–C–C–N with tert-alkyl or cyclic N) is 1. The molecule has 1 unspecified atom stereocenters. The van der Waals surface area contributed by atoms with E-state index in [4.69, 9.17) is 10.1 Å². The predicted octanol–water partition coefficient (Wildman–Crippen LogP) is 4.81. The Morgan fingerprint density at radius 2 is 1.93 bits per heavy atom. The number of thiazole rings is 1. The zero-order chi connectivity index (χ0) is 30.7. The molecule has 1 spiro atoms. The van der Waals surface area contributed by atoms with Crippen molar-refractivity contribution >= 4 is 39.4 Å².